The predicted octanol–water partition coefficient (Wildman–Crippen LogP) is 1.73. The number of carbonyl (C=O) groups excluding carboxylic acids is 1. The number of ether oxygens (including phenoxy) is 1. The molecule has 0 saturated carbocycles. The number of para-hydroxylation sites is 1. The standard InChI is InChI=1S/C16H24N2O2/c1-11(2)14(7-8-17)18-16(19)13-9-12-5-3-4-6-15(12)20-10-13/h3-6,11,13-14H,7-10,17H2,1-2H3,(H,18,19). The normalized spacial score (nSPS) is 19.1. The molecule has 2 atom stereocenters. The van der Waals surface area contributed by atoms with Crippen molar-refractivity contribution in [1.82, 2.24) is 5.32 Å². The van der Waals surface area contributed by atoms with Gasteiger partial charge in [0.25, 0.3) is 0 Å². The lowest BCUT2D eigenvalue weighted by Gasteiger charge is -2.28. The lowest BCUT2D eigenvalue weighted by molar-refractivity contribution is -0.127. The van der Waals surface area contributed by atoms with Crippen LogP contribution in [0.3, 0.4) is 0 Å². The molecule has 0 radical (unpaired) electrons. The number of amides is 1. The number of carbonyl (C=O) groups is 1. The molecule has 3 N–H and O–H groups in total. The zero-order valence-electron chi connectivity index (χ0n) is 12.3. The van der Waals surface area contributed by atoms with E-state index in [4.69, 9.17) is 10.5 Å². The second kappa shape index (κ2) is 6.75. The summed E-state index contributed by atoms with van der Waals surface area (Å²) in [6.07, 6.45) is 1.56. The van der Waals surface area contributed by atoms with Gasteiger partial charge in [0.05, 0.1) is 5.92 Å². The Bertz CT molecular complexity index is 460. The van der Waals surface area contributed by atoms with Crippen molar-refractivity contribution >= 4 is 5.91 Å². The van der Waals surface area contributed by atoms with Crippen molar-refractivity contribution in [3.63, 3.8) is 0 Å². The Morgan fingerprint density at radius 1 is 1.45 bits per heavy atom. The molecular formula is C16H24N2O2. The zero-order chi connectivity index (χ0) is 14.5. The van der Waals surface area contributed by atoms with E-state index in [1.54, 1.807) is 0 Å². The molecular weight excluding hydrogens is 252 g/mol. The van der Waals surface area contributed by atoms with E-state index in [1.165, 1.54) is 0 Å². The minimum Gasteiger partial charge on any atom is -0.492 e. The van der Waals surface area contributed by atoms with Gasteiger partial charge >= 0.3 is 0 Å². The van der Waals surface area contributed by atoms with Gasteiger partial charge in [-0.1, -0.05) is 32.0 Å². The van der Waals surface area contributed by atoms with Crippen LogP contribution in [0.25, 0.3) is 0 Å². The molecule has 20 heavy (non-hydrogen) atoms. The smallest absolute Gasteiger partial charge is 0.227 e. The van der Waals surface area contributed by atoms with Gasteiger partial charge in [-0.15, -0.1) is 0 Å². The largest absolute Gasteiger partial charge is 0.492 e. The van der Waals surface area contributed by atoms with E-state index in [9.17, 15) is 4.79 Å². The summed E-state index contributed by atoms with van der Waals surface area (Å²) >= 11 is 0. The summed E-state index contributed by atoms with van der Waals surface area (Å²) < 4.78 is 5.67. The molecule has 0 fully saturated rings. The van der Waals surface area contributed by atoms with Gasteiger partial charge in [0.1, 0.15) is 12.4 Å². The molecule has 0 aromatic heterocycles. The molecule has 2 rings (SSSR count). The van der Waals surface area contributed by atoms with Crippen molar-refractivity contribution in [2.24, 2.45) is 17.6 Å². The van der Waals surface area contributed by atoms with E-state index < -0.39 is 0 Å². The van der Waals surface area contributed by atoms with Crippen LogP contribution in [0.1, 0.15) is 25.8 Å². The molecule has 2 unspecified atom stereocenters. The Morgan fingerprint density at radius 3 is 2.90 bits per heavy atom. The SMILES string of the molecule is CC(C)C(CCN)NC(=O)C1COc2ccccc2C1. The summed E-state index contributed by atoms with van der Waals surface area (Å²) in [6.45, 7) is 5.25. The second-order valence-electron chi connectivity index (χ2n) is 5.76. The van der Waals surface area contributed by atoms with Crippen molar-refractivity contribution in [3.8, 4) is 5.75 Å². The fraction of sp³-hybridized carbons (Fsp3) is 0.562. The number of rotatable bonds is 5. The second-order valence-corrected chi connectivity index (χ2v) is 5.76. The molecule has 110 valence electrons. The highest BCUT2D eigenvalue weighted by Crippen LogP contribution is 2.27. The van der Waals surface area contributed by atoms with E-state index >= 15 is 0 Å². The first-order valence-corrected chi connectivity index (χ1v) is 7.33. The van der Waals surface area contributed by atoms with E-state index in [0.717, 1.165) is 24.2 Å². The number of nitrogens with two attached hydrogens (primary N) is 1. The van der Waals surface area contributed by atoms with E-state index in [1.807, 2.05) is 24.3 Å². The molecule has 1 aromatic rings. The number of hydrogen-bond donors (Lipinski definition) is 2. The maximum Gasteiger partial charge on any atom is 0.227 e. The van der Waals surface area contributed by atoms with Gasteiger partial charge < -0.3 is 15.8 Å². The van der Waals surface area contributed by atoms with E-state index in [0.29, 0.717) is 19.1 Å². The van der Waals surface area contributed by atoms with Gasteiger partial charge in [-0.2, -0.15) is 0 Å². The molecule has 1 heterocycles. The molecule has 0 bridgehead atoms. The summed E-state index contributed by atoms with van der Waals surface area (Å²) in [4.78, 5) is 12.4. The molecule has 1 amide bonds. The molecule has 1 aromatic carbocycles. The van der Waals surface area contributed by atoms with Crippen molar-refractivity contribution in [1.29, 1.82) is 0 Å². The monoisotopic (exact) mass is 276 g/mol. The fourth-order valence-corrected chi connectivity index (χ4v) is 2.55. The summed E-state index contributed by atoms with van der Waals surface area (Å²) in [7, 11) is 0. The maximum atomic E-state index is 12.4. The Labute approximate surface area is 120 Å². The van der Waals surface area contributed by atoms with Gasteiger partial charge in [-0.3, -0.25) is 4.79 Å². The Kier molecular flexibility index (Phi) is 5.01. The van der Waals surface area contributed by atoms with Gasteiger partial charge in [-0.25, -0.2) is 0 Å². The molecule has 4 nitrogen and oxygen atoms in total. The molecule has 4 heteroatoms. The van der Waals surface area contributed by atoms with Gasteiger partial charge in [0.15, 0.2) is 0 Å². The predicted molar refractivity (Wildman–Crippen MR) is 79.6 cm³/mol. The molecule has 1 aliphatic heterocycles. The highest BCUT2D eigenvalue weighted by molar-refractivity contribution is 5.80. The van der Waals surface area contributed by atoms with Gasteiger partial charge in [-0.05, 0) is 36.9 Å². The third kappa shape index (κ3) is 3.51. The van der Waals surface area contributed by atoms with Crippen molar-refractivity contribution in [3.05, 3.63) is 29.8 Å². The summed E-state index contributed by atoms with van der Waals surface area (Å²) in [6, 6.07) is 8.05. The number of fused-ring (bicyclic) bond motifs is 1. The number of nitrogens with one attached hydrogen (secondary N) is 1. The Hall–Kier alpha value is -1.55. The van der Waals surface area contributed by atoms with Crippen LogP contribution in [0.5, 0.6) is 5.75 Å². The topological polar surface area (TPSA) is 64.3 Å². The van der Waals surface area contributed by atoms with Crippen molar-refractivity contribution in [2.45, 2.75) is 32.7 Å². The minimum absolute atomic E-state index is 0.0756. The Balaban J connectivity index is 1.97. The van der Waals surface area contributed by atoms with E-state index in [2.05, 4.69) is 19.2 Å². The first-order valence-electron chi connectivity index (χ1n) is 7.33. The molecule has 1 aliphatic rings. The molecule has 0 aliphatic carbocycles. The first-order chi connectivity index (χ1) is 9.61. The van der Waals surface area contributed by atoms with Crippen LogP contribution >= 0.6 is 0 Å². The van der Waals surface area contributed by atoms with Gasteiger partial charge in [0.2, 0.25) is 5.91 Å². The Morgan fingerprint density at radius 2 is 2.20 bits per heavy atom. The summed E-state index contributed by atoms with van der Waals surface area (Å²) in [5.41, 5.74) is 6.72. The van der Waals surface area contributed by atoms with Crippen LogP contribution in [0, 0.1) is 11.8 Å². The third-order valence-corrected chi connectivity index (χ3v) is 3.86. The lowest BCUT2D eigenvalue weighted by atomic mass is 9.94. The zero-order valence-corrected chi connectivity index (χ0v) is 12.3. The summed E-state index contributed by atoms with van der Waals surface area (Å²) in [5, 5.41) is 3.12. The number of hydrogen-bond acceptors (Lipinski definition) is 3. The highest BCUT2D eigenvalue weighted by Gasteiger charge is 2.27. The molecule has 0 spiro atoms. The number of benzene rings is 1. The summed E-state index contributed by atoms with van der Waals surface area (Å²) in [5.74, 6) is 1.26. The van der Waals surface area contributed by atoms with E-state index in [-0.39, 0.29) is 17.9 Å². The van der Waals surface area contributed by atoms with Crippen molar-refractivity contribution in [2.75, 3.05) is 13.2 Å². The molecule has 0 saturated heterocycles. The van der Waals surface area contributed by atoms with Crippen LogP contribution < -0.4 is 15.8 Å². The van der Waals surface area contributed by atoms with Crippen LogP contribution in [0.15, 0.2) is 24.3 Å². The van der Waals surface area contributed by atoms with Crippen LogP contribution in [0.4, 0.5) is 0 Å². The van der Waals surface area contributed by atoms with Crippen LogP contribution in [0.2, 0.25) is 0 Å². The van der Waals surface area contributed by atoms with Gasteiger partial charge in [0, 0.05) is 6.04 Å². The minimum atomic E-state index is -0.107. The van der Waals surface area contributed by atoms with Crippen molar-refractivity contribution < 1.29 is 9.53 Å². The fourth-order valence-electron chi connectivity index (χ4n) is 2.55. The highest BCUT2D eigenvalue weighted by atomic mass is 16.5. The third-order valence-electron chi connectivity index (χ3n) is 3.86. The lowest BCUT2D eigenvalue weighted by Crippen LogP contribution is -2.45. The maximum absolute atomic E-state index is 12.4. The average Bonchev–Trinajstić information content (AvgIpc) is 2.46. The average molecular weight is 276 g/mol. The van der Waals surface area contributed by atoms with Crippen LogP contribution in [-0.4, -0.2) is 25.1 Å². The first kappa shape index (κ1) is 14.9. The quantitative estimate of drug-likeness (QED) is 0.861. The van der Waals surface area contributed by atoms with Crippen LogP contribution in [-0.2, 0) is 11.2 Å².